The van der Waals surface area contributed by atoms with Crippen LogP contribution in [0.15, 0.2) is 24.3 Å². The van der Waals surface area contributed by atoms with Crippen LogP contribution in [-0.2, 0) is 11.2 Å². The zero-order chi connectivity index (χ0) is 13.2. The normalized spacial score (nSPS) is 25.1. The molecular formula is C14H20ClNO2. The highest BCUT2D eigenvalue weighted by molar-refractivity contribution is 6.30. The molecule has 1 heterocycles. The van der Waals surface area contributed by atoms with Crippen LogP contribution >= 0.6 is 11.6 Å². The monoisotopic (exact) mass is 269 g/mol. The van der Waals surface area contributed by atoms with Crippen LogP contribution in [0.1, 0.15) is 19.4 Å². The van der Waals surface area contributed by atoms with Gasteiger partial charge < -0.3 is 15.2 Å². The van der Waals surface area contributed by atoms with E-state index in [0.29, 0.717) is 19.2 Å². The summed E-state index contributed by atoms with van der Waals surface area (Å²) in [6.07, 6.45) is 0.773. The van der Waals surface area contributed by atoms with Gasteiger partial charge in [-0.2, -0.15) is 0 Å². The molecular weight excluding hydrogens is 250 g/mol. The van der Waals surface area contributed by atoms with E-state index in [-0.39, 0.29) is 6.10 Å². The molecule has 0 bridgehead atoms. The van der Waals surface area contributed by atoms with Gasteiger partial charge in [0.15, 0.2) is 0 Å². The molecule has 2 atom stereocenters. The lowest BCUT2D eigenvalue weighted by Crippen LogP contribution is -2.54. The van der Waals surface area contributed by atoms with Gasteiger partial charge in [0, 0.05) is 17.6 Å². The molecule has 1 aromatic carbocycles. The van der Waals surface area contributed by atoms with E-state index in [2.05, 4.69) is 5.32 Å². The lowest BCUT2D eigenvalue weighted by Gasteiger charge is -2.36. The average molecular weight is 270 g/mol. The van der Waals surface area contributed by atoms with Crippen molar-refractivity contribution in [2.75, 3.05) is 13.2 Å². The Hall–Kier alpha value is -0.610. The largest absolute Gasteiger partial charge is 0.388 e. The molecule has 0 spiro atoms. The van der Waals surface area contributed by atoms with Gasteiger partial charge in [0.1, 0.15) is 0 Å². The fourth-order valence-corrected chi connectivity index (χ4v) is 2.24. The van der Waals surface area contributed by atoms with Gasteiger partial charge in [-0.15, -0.1) is 0 Å². The van der Waals surface area contributed by atoms with Gasteiger partial charge >= 0.3 is 0 Å². The van der Waals surface area contributed by atoms with E-state index < -0.39 is 5.60 Å². The van der Waals surface area contributed by atoms with Crippen LogP contribution in [0.2, 0.25) is 5.02 Å². The lowest BCUT2D eigenvalue weighted by molar-refractivity contribution is -0.109. The maximum absolute atomic E-state index is 9.87. The highest BCUT2D eigenvalue weighted by Crippen LogP contribution is 2.17. The third-order valence-electron chi connectivity index (χ3n) is 3.27. The van der Waals surface area contributed by atoms with Gasteiger partial charge in [-0.05, 0) is 38.0 Å². The van der Waals surface area contributed by atoms with Gasteiger partial charge in [-0.1, -0.05) is 23.7 Å². The molecule has 0 amide bonds. The van der Waals surface area contributed by atoms with E-state index in [0.717, 1.165) is 11.4 Å². The average Bonchev–Trinajstić information content (AvgIpc) is 2.32. The Labute approximate surface area is 113 Å². The number of nitrogens with one attached hydrogen (secondary N) is 1. The van der Waals surface area contributed by atoms with Crippen molar-refractivity contribution in [3.8, 4) is 0 Å². The van der Waals surface area contributed by atoms with E-state index in [1.165, 1.54) is 5.56 Å². The van der Waals surface area contributed by atoms with E-state index in [1.54, 1.807) is 13.8 Å². The Bertz CT molecular complexity index is 378. The molecule has 3 nitrogen and oxygen atoms in total. The van der Waals surface area contributed by atoms with Crippen LogP contribution in [0.25, 0.3) is 0 Å². The molecule has 0 unspecified atom stereocenters. The SMILES string of the molecule is CC(C)(O)[C@H]1CN[C@@H](Cc2ccc(Cl)cc2)CO1. The summed E-state index contributed by atoms with van der Waals surface area (Å²) in [7, 11) is 0. The van der Waals surface area contributed by atoms with Crippen molar-refractivity contribution in [3.05, 3.63) is 34.9 Å². The Kier molecular flexibility index (Phi) is 4.28. The molecule has 1 saturated heterocycles. The van der Waals surface area contributed by atoms with Crippen molar-refractivity contribution >= 4 is 11.6 Å². The van der Waals surface area contributed by atoms with E-state index in [9.17, 15) is 5.11 Å². The van der Waals surface area contributed by atoms with Gasteiger partial charge in [0.2, 0.25) is 0 Å². The van der Waals surface area contributed by atoms with E-state index in [4.69, 9.17) is 16.3 Å². The van der Waals surface area contributed by atoms with Crippen molar-refractivity contribution < 1.29 is 9.84 Å². The van der Waals surface area contributed by atoms with Crippen LogP contribution in [0.5, 0.6) is 0 Å². The Morgan fingerprint density at radius 1 is 1.39 bits per heavy atom. The second-order valence-electron chi connectivity index (χ2n) is 5.41. The fourth-order valence-electron chi connectivity index (χ4n) is 2.11. The molecule has 1 aromatic rings. The number of benzene rings is 1. The van der Waals surface area contributed by atoms with Crippen LogP contribution in [-0.4, -0.2) is 36.0 Å². The van der Waals surface area contributed by atoms with Gasteiger partial charge in [-0.25, -0.2) is 0 Å². The number of hydrogen-bond acceptors (Lipinski definition) is 3. The molecule has 1 aliphatic rings. The summed E-state index contributed by atoms with van der Waals surface area (Å²) < 4.78 is 5.71. The molecule has 0 saturated carbocycles. The zero-order valence-electron chi connectivity index (χ0n) is 10.8. The van der Waals surface area contributed by atoms with Crippen LogP contribution in [0, 0.1) is 0 Å². The second-order valence-corrected chi connectivity index (χ2v) is 5.85. The van der Waals surface area contributed by atoms with Crippen LogP contribution in [0.3, 0.4) is 0 Å². The summed E-state index contributed by atoms with van der Waals surface area (Å²) in [6.45, 7) is 4.86. The maximum Gasteiger partial charge on any atom is 0.0981 e. The minimum Gasteiger partial charge on any atom is -0.388 e. The topological polar surface area (TPSA) is 41.5 Å². The summed E-state index contributed by atoms with van der Waals surface area (Å²) in [5, 5.41) is 14.0. The van der Waals surface area contributed by atoms with Crippen molar-refractivity contribution in [2.45, 2.75) is 38.0 Å². The number of morpholine rings is 1. The molecule has 1 aliphatic heterocycles. The zero-order valence-corrected chi connectivity index (χ0v) is 11.6. The van der Waals surface area contributed by atoms with Crippen molar-refractivity contribution in [1.82, 2.24) is 5.32 Å². The molecule has 0 radical (unpaired) electrons. The molecule has 18 heavy (non-hydrogen) atoms. The quantitative estimate of drug-likeness (QED) is 0.882. The van der Waals surface area contributed by atoms with Crippen LogP contribution in [0.4, 0.5) is 0 Å². The second kappa shape index (κ2) is 5.57. The first-order valence-corrected chi connectivity index (χ1v) is 6.65. The molecule has 0 aliphatic carbocycles. The third-order valence-corrected chi connectivity index (χ3v) is 3.53. The minimum absolute atomic E-state index is 0.140. The molecule has 2 N–H and O–H groups in total. The Balaban J connectivity index is 1.85. The maximum atomic E-state index is 9.87. The first kappa shape index (κ1) is 13.8. The lowest BCUT2D eigenvalue weighted by atomic mass is 9.98. The third kappa shape index (κ3) is 3.69. The summed E-state index contributed by atoms with van der Waals surface area (Å²) >= 11 is 5.86. The van der Waals surface area contributed by atoms with Crippen molar-refractivity contribution in [2.24, 2.45) is 0 Å². The summed E-state index contributed by atoms with van der Waals surface area (Å²) in [5.41, 5.74) is 0.445. The number of aliphatic hydroxyl groups is 1. The summed E-state index contributed by atoms with van der Waals surface area (Å²) in [6, 6.07) is 8.17. The van der Waals surface area contributed by atoms with Crippen LogP contribution < -0.4 is 5.32 Å². The van der Waals surface area contributed by atoms with E-state index in [1.807, 2.05) is 24.3 Å². The Morgan fingerprint density at radius 2 is 2.06 bits per heavy atom. The molecule has 0 aromatic heterocycles. The van der Waals surface area contributed by atoms with E-state index >= 15 is 0 Å². The molecule has 2 rings (SSSR count). The first-order valence-electron chi connectivity index (χ1n) is 6.27. The smallest absolute Gasteiger partial charge is 0.0981 e. The predicted molar refractivity (Wildman–Crippen MR) is 73.0 cm³/mol. The first-order chi connectivity index (χ1) is 8.45. The van der Waals surface area contributed by atoms with Gasteiger partial charge in [0.25, 0.3) is 0 Å². The molecule has 1 fully saturated rings. The predicted octanol–water partition coefficient (Wildman–Crippen LogP) is 2.01. The summed E-state index contributed by atoms with van der Waals surface area (Å²) in [5.74, 6) is 0. The number of halogens is 1. The highest BCUT2D eigenvalue weighted by Gasteiger charge is 2.31. The van der Waals surface area contributed by atoms with Crippen molar-refractivity contribution in [1.29, 1.82) is 0 Å². The number of rotatable bonds is 3. The number of ether oxygens (including phenoxy) is 1. The summed E-state index contributed by atoms with van der Waals surface area (Å²) in [4.78, 5) is 0. The molecule has 100 valence electrons. The minimum atomic E-state index is -0.793. The highest BCUT2D eigenvalue weighted by atomic mass is 35.5. The Morgan fingerprint density at radius 3 is 2.56 bits per heavy atom. The van der Waals surface area contributed by atoms with Gasteiger partial charge in [0.05, 0.1) is 18.3 Å². The fraction of sp³-hybridized carbons (Fsp3) is 0.571. The van der Waals surface area contributed by atoms with Gasteiger partial charge in [-0.3, -0.25) is 0 Å². The number of hydrogen-bond donors (Lipinski definition) is 2. The van der Waals surface area contributed by atoms with Crippen molar-refractivity contribution in [3.63, 3.8) is 0 Å². The molecule has 4 heteroatoms. The standard InChI is InChI=1S/C14H20ClNO2/c1-14(2,17)13-8-16-12(9-18-13)7-10-3-5-11(15)6-4-10/h3-6,12-13,16-17H,7-9H2,1-2H3/t12-,13+/m0/s1.